The van der Waals surface area contributed by atoms with Crippen molar-refractivity contribution in [2.45, 2.75) is 6.54 Å². The highest BCUT2D eigenvalue weighted by atomic mass is 35.5. The van der Waals surface area contributed by atoms with E-state index in [-0.39, 0.29) is 24.2 Å². The Morgan fingerprint density at radius 1 is 1.26 bits per heavy atom. The standard InChI is InChI=1S/C20H16ClN3O3/c1-24-12-16(20(27)22-11-13-4-6-14(21)7-5-13)19(26)18-17(24)9-8-15(23-18)3-2-10-25/h4-9,12,25H,10-11H2,1H3,(H,22,27). The fourth-order valence-corrected chi connectivity index (χ4v) is 2.72. The summed E-state index contributed by atoms with van der Waals surface area (Å²) in [6, 6.07) is 10.4. The molecule has 1 aromatic carbocycles. The highest BCUT2D eigenvalue weighted by molar-refractivity contribution is 6.30. The molecule has 2 heterocycles. The number of nitrogens with zero attached hydrogens (tertiary/aromatic N) is 2. The van der Waals surface area contributed by atoms with Crippen LogP contribution in [0.3, 0.4) is 0 Å². The lowest BCUT2D eigenvalue weighted by Crippen LogP contribution is -2.29. The van der Waals surface area contributed by atoms with E-state index < -0.39 is 11.3 Å². The number of halogens is 1. The van der Waals surface area contributed by atoms with Crippen LogP contribution in [-0.2, 0) is 13.6 Å². The van der Waals surface area contributed by atoms with Crippen molar-refractivity contribution >= 4 is 28.5 Å². The molecule has 2 N–H and O–H groups in total. The number of amides is 1. The number of fused-ring (bicyclic) bond motifs is 1. The molecule has 6 nitrogen and oxygen atoms in total. The van der Waals surface area contributed by atoms with Gasteiger partial charge in [-0.2, -0.15) is 0 Å². The number of aryl methyl sites for hydroxylation is 1. The molecule has 0 unspecified atom stereocenters. The highest BCUT2D eigenvalue weighted by Crippen LogP contribution is 2.11. The van der Waals surface area contributed by atoms with Crippen LogP contribution in [0, 0.1) is 11.8 Å². The molecule has 27 heavy (non-hydrogen) atoms. The van der Waals surface area contributed by atoms with Gasteiger partial charge in [-0.3, -0.25) is 9.59 Å². The summed E-state index contributed by atoms with van der Waals surface area (Å²) in [5.74, 6) is 4.67. The van der Waals surface area contributed by atoms with Crippen LogP contribution in [0.5, 0.6) is 0 Å². The number of hydrogen-bond acceptors (Lipinski definition) is 4. The average molecular weight is 382 g/mol. The minimum absolute atomic E-state index is 0.00118. The van der Waals surface area contributed by atoms with Gasteiger partial charge in [0.05, 0.1) is 5.52 Å². The monoisotopic (exact) mass is 381 g/mol. The van der Waals surface area contributed by atoms with Crippen LogP contribution in [0.15, 0.2) is 47.4 Å². The molecule has 0 aliphatic heterocycles. The van der Waals surface area contributed by atoms with Gasteiger partial charge in [-0.25, -0.2) is 4.98 Å². The number of aliphatic hydroxyl groups is 1. The number of aromatic nitrogens is 2. The molecule has 3 rings (SSSR count). The van der Waals surface area contributed by atoms with Crippen molar-refractivity contribution in [3.05, 3.63) is 74.7 Å². The van der Waals surface area contributed by atoms with E-state index in [9.17, 15) is 9.59 Å². The fraction of sp³-hybridized carbons (Fsp3) is 0.150. The molecule has 0 atom stereocenters. The summed E-state index contributed by atoms with van der Waals surface area (Å²) in [5.41, 5.74) is 1.49. The zero-order valence-electron chi connectivity index (χ0n) is 14.5. The molecule has 136 valence electrons. The fourth-order valence-electron chi connectivity index (χ4n) is 2.59. The Labute approximate surface area is 160 Å². The second kappa shape index (κ2) is 8.04. The number of nitrogens with one attached hydrogen (secondary N) is 1. The van der Waals surface area contributed by atoms with Crippen molar-refractivity contribution in [3.8, 4) is 11.8 Å². The van der Waals surface area contributed by atoms with Crippen LogP contribution in [0.1, 0.15) is 21.6 Å². The average Bonchev–Trinajstić information content (AvgIpc) is 2.68. The largest absolute Gasteiger partial charge is 0.384 e. The summed E-state index contributed by atoms with van der Waals surface area (Å²) < 4.78 is 1.67. The minimum atomic E-state index is -0.485. The molecule has 0 fully saturated rings. The molecular formula is C20H16ClN3O3. The summed E-state index contributed by atoms with van der Waals surface area (Å²) in [4.78, 5) is 29.5. The van der Waals surface area contributed by atoms with Gasteiger partial charge in [0.15, 0.2) is 0 Å². The Kier molecular flexibility index (Phi) is 5.55. The van der Waals surface area contributed by atoms with Gasteiger partial charge in [0.25, 0.3) is 5.91 Å². The Morgan fingerprint density at radius 3 is 2.70 bits per heavy atom. The smallest absolute Gasteiger partial charge is 0.257 e. The van der Waals surface area contributed by atoms with Crippen molar-refractivity contribution in [3.63, 3.8) is 0 Å². The van der Waals surface area contributed by atoms with E-state index in [4.69, 9.17) is 16.7 Å². The summed E-state index contributed by atoms with van der Waals surface area (Å²) in [6.45, 7) is -0.0302. The Hall–Kier alpha value is -3.14. The second-order valence-electron chi connectivity index (χ2n) is 5.82. The maximum absolute atomic E-state index is 12.8. The molecular weight excluding hydrogens is 366 g/mol. The Balaban J connectivity index is 1.93. The minimum Gasteiger partial charge on any atom is -0.384 e. The Bertz CT molecular complexity index is 1130. The molecule has 0 radical (unpaired) electrons. The number of carbonyl (C=O) groups is 1. The van der Waals surface area contributed by atoms with Crippen LogP contribution in [0.25, 0.3) is 11.0 Å². The van der Waals surface area contributed by atoms with Crippen molar-refractivity contribution in [2.24, 2.45) is 7.05 Å². The molecule has 2 aromatic heterocycles. The van der Waals surface area contributed by atoms with Gasteiger partial charge < -0.3 is 15.0 Å². The van der Waals surface area contributed by atoms with Crippen LogP contribution in [-0.4, -0.2) is 27.2 Å². The number of aliphatic hydroxyl groups excluding tert-OH is 1. The SMILES string of the molecule is Cn1cc(C(=O)NCc2ccc(Cl)cc2)c(=O)c2nc(C#CCO)ccc21. The highest BCUT2D eigenvalue weighted by Gasteiger charge is 2.15. The van der Waals surface area contributed by atoms with E-state index in [0.717, 1.165) is 5.56 Å². The van der Waals surface area contributed by atoms with Crippen molar-refractivity contribution < 1.29 is 9.90 Å². The second-order valence-corrected chi connectivity index (χ2v) is 6.25. The van der Waals surface area contributed by atoms with E-state index in [1.165, 1.54) is 6.20 Å². The van der Waals surface area contributed by atoms with Gasteiger partial charge in [-0.1, -0.05) is 29.7 Å². The zero-order valence-corrected chi connectivity index (χ0v) is 15.2. The van der Waals surface area contributed by atoms with Gasteiger partial charge in [0, 0.05) is 24.8 Å². The van der Waals surface area contributed by atoms with E-state index in [2.05, 4.69) is 22.1 Å². The van der Waals surface area contributed by atoms with E-state index in [1.807, 2.05) is 0 Å². The molecule has 3 aromatic rings. The molecule has 0 saturated carbocycles. The van der Waals surface area contributed by atoms with Gasteiger partial charge in [-0.15, -0.1) is 0 Å². The number of carbonyl (C=O) groups excluding carboxylic acids is 1. The van der Waals surface area contributed by atoms with Gasteiger partial charge in [-0.05, 0) is 35.7 Å². The first-order chi connectivity index (χ1) is 13.0. The third-order valence-electron chi connectivity index (χ3n) is 3.94. The van der Waals surface area contributed by atoms with Crippen LogP contribution in [0.2, 0.25) is 5.02 Å². The number of pyridine rings is 2. The Morgan fingerprint density at radius 2 is 2.00 bits per heavy atom. The lowest BCUT2D eigenvalue weighted by Gasteiger charge is -2.09. The molecule has 1 amide bonds. The lowest BCUT2D eigenvalue weighted by atomic mass is 10.1. The van der Waals surface area contributed by atoms with Crippen LogP contribution < -0.4 is 10.7 Å². The van der Waals surface area contributed by atoms with Crippen LogP contribution in [0.4, 0.5) is 0 Å². The van der Waals surface area contributed by atoms with E-state index in [1.54, 1.807) is 48.0 Å². The topological polar surface area (TPSA) is 84.2 Å². The predicted molar refractivity (Wildman–Crippen MR) is 104 cm³/mol. The number of hydrogen-bond donors (Lipinski definition) is 2. The van der Waals surface area contributed by atoms with E-state index >= 15 is 0 Å². The molecule has 0 spiro atoms. The van der Waals surface area contributed by atoms with Crippen molar-refractivity contribution in [1.29, 1.82) is 0 Å². The summed E-state index contributed by atoms with van der Waals surface area (Å²) in [5, 5.41) is 12.1. The van der Waals surface area contributed by atoms with Crippen LogP contribution >= 0.6 is 11.6 Å². The zero-order chi connectivity index (χ0) is 19.4. The number of benzene rings is 1. The summed E-state index contributed by atoms with van der Waals surface area (Å²) in [7, 11) is 1.73. The van der Waals surface area contributed by atoms with Gasteiger partial charge in [0.1, 0.15) is 23.4 Å². The first-order valence-electron chi connectivity index (χ1n) is 8.12. The van der Waals surface area contributed by atoms with Crippen molar-refractivity contribution in [2.75, 3.05) is 6.61 Å². The first-order valence-corrected chi connectivity index (χ1v) is 8.50. The van der Waals surface area contributed by atoms with Crippen molar-refractivity contribution in [1.82, 2.24) is 14.9 Å². The quantitative estimate of drug-likeness (QED) is 0.678. The lowest BCUT2D eigenvalue weighted by molar-refractivity contribution is 0.0949. The normalized spacial score (nSPS) is 10.3. The molecule has 0 saturated heterocycles. The summed E-state index contributed by atoms with van der Waals surface area (Å²) >= 11 is 5.85. The maximum Gasteiger partial charge on any atom is 0.257 e. The predicted octanol–water partition coefficient (Wildman–Crippen LogP) is 1.86. The third kappa shape index (κ3) is 4.17. The molecule has 0 aliphatic rings. The molecule has 0 aliphatic carbocycles. The summed E-state index contributed by atoms with van der Waals surface area (Å²) in [6.07, 6.45) is 1.49. The molecule has 0 bridgehead atoms. The third-order valence-corrected chi connectivity index (χ3v) is 4.19. The molecule has 7 heteroatoms. The number of rotatable bonds is 3. The van der Waals surface area contributed by atoms with E-state index in [0.29, 0.717) is 16.2 Å². The maximum atomic E-state index is 12.8. The van der Waals surface area contributed by atoms with Gasteiger partial charge in [0.2, 0.25) is 5.43 Å². The van der Waals surface area contributed by atoms with Gasteiger partial charge >= 0.3 is 0 Å². The first kappa shape index (κ1) is 18.6.